The van der Waals surface area contributed by atoms with Crippen molar-refractivity contribution in [2.45, 2.75) is 38.3 Å². The molecule has 7 nitrogen and oxygen atoms in total. The van der Waals surface area contributed by atoms with Gasteiger partial charge in [-0.05, 0) is 61.9 Å². The predicted molar refractivity (Wildman–Crippen MR) is 143 cm³/mol. The SMILES string of the molecule is COc1cc(CNCC2CCC(Nc3cc(N(C)C)c4ccccc4n3)CC2)cc(OC)c1OC. The third-order valence-electron chi connectivity index (χ3n) is 6.86. The molecule has 4 rings (SSSR count). The smallest absolute Gasteiger partial charge is 0.203 e. The number of fused-ring (bicyclic) bond motifs is 1. The number of anilines is 2. The van der Waals surface area contributed by atoms with Gasteiger partial charge in [-0.1, -0.05) is 18.2 Å². The second-order valence-corrected chi connectivity index (χ2v) is 9.46. The van der Waals surface area contributed by atoms with Crippen LogP contribution < -0.4 is 29.7 Å². The summed E-state index contributed by atoms with van der Waals surface area (Å²) in [6.45, 7) is 1.77. The molecule has 0 spiro atoms. The molecule has 1 saturated carbocycles. The average molecular weight is 479 g/mol. The van der Waals surface area contributed by atoms with Crippen molar-refractivity contribution in [2.75, 3.05) is 52.2 Å². The Morgan fingerprint density at radius 1 is 0.914 bits per heavy atom. The third-order valence-corrected chi connectivity index (χ3v) is 6.86. The molecule has 2 N–H and O–H groups in total. The molecular weight excluding hydrogens is 440 g/mol. The summed E-state index contributed by atoms with van der Waals surface area (Å²) in [7, 11) is 9.09. The van der Waals surface area contributed by atoms with Crippen LogP contribution in [0.4, 0.5) is 11.5 Å². The first-order valence-corrected chi connectivity index (χ1v) is 12.4. The topological polar surface area (TPSA) is 67.9 Å². The van der Waals surface area contributed by atoms with Crippen LogP contribution >= 0.6 is 0 Å². The van der Waals surface area contributed by atoms with Crippen LogP contribution in [-0.4, -0.2) is 53.0 Å². The highest BCUT2D eigenvalue weighted by molar-refractivity contribution is 5.93. The predicted octanol–water partition coefficient (Wildman–Crippen LogP) is 5.09. The highest BCUT2D eigenvalue weighted by Gasteiger charge is 2.22. The highest BCUT2D eigenvalue weighted by atomic mass is 16.5. The lowest BCUT2D eigenvalue weighted by Gasteiger charge is -2.30. The summed E-state index contributed by atoms with van der Waals surface area (Å²) >= 11 is 0. The molecule has 1 heterocycles. The molecule has 0 radical (unpaired) electrons. The van der Waals surface area contributed by atoms with E-state index in [1.54, 1.807) is 21.3 Å². The Bertz CT molecular complexity index is 1100. The fourth-order valence-corrected chi connectivity index (χ4v) is 4.98. The van der Waals surface area contributed by atoms with Crippen molar-refractivity contribution in [1.29, 1.82) is 0 Å². The molecule has 1 aliphatic rings. The lowest BCUT2D eigenvalue weighted by Crippen LogP contribution is -2.31. The largest absolute Gasteiger partial charge is 0.493 e. The number of benzene rings is 2. The van der Waals surface area contributed by atoms with Crippen molar-refractivity contribution in [3.05, 3.63) is 48.0 Å². The zero-order valence-corrected chi connectivity index (χ0v) is 21.6. The molecule has 0 unspecified atom stereocenters. The Labute approximate surface area is 208 Å². The third kappa shape index (κ3) is 5.90. The molecule has 0 atom stereocenters. The number of nitrogens with zero attached hydrogens (tertiary/aromatic N) is 2. The fourth-order valence-electron chi connectivity index (χ4n) is 4.98. The van der Waals surface area contributed by atoms with Crippen molar-refractivity contribution in [3.63, 3.8) is 0 Å². The maximum Gasteiger partial charge on any atom is 0.203 e. The van der Waals surface area contributed by atoms with Gasteiger partial charge in [0, 0.05) is 43.8 Å². The van der Waals surface area contributed by atoms with E-state index in [9.17, 15) is 0 Å². The van der Waals surface area contributed by atoms with Gasteiger partial charge < -0.3 is 29.7 Å². The van der Waals surface area contributed by atoms with Gasteiger partial charge in [-0.3, -0.25) is 0 Å². The molecule has 2 aromatic carbocycles. The van der Waals surface area contributed by atoms with E-state index < -0.39 is 0 Å². The summed E-state index contributed by atoms with van der Waals surface area (Å²) in [5.74, 6) is 3.65. The molecule has 35 heavy (non-hydrogen) atoms. The van der Waals surface area contributed by atoms with Crippen molar-refractivity contribution in [1.82, 2.24) is 10.3 Å². The van der Waals surface area contributed by atoms with Gasteiger partial charge in [0.15, 0.2) is 11.5 Å². The van der Waals surface area contributed by atoms with Crippen LogP contribution in [0.3, 0.4) is 0 Å². The van der Waals surface area contributed by atoms with Crippen LogP contribution in [0.2, 0.25) is 0 Å². The van der Waals surface area contributed by atoms with Gasteiger partial charge in [-0.15, -0.1) is 0 Å². The van der Waals surface area contributed by atoms with E-state index in [4.69, 9.17) is 19.2 Å². The number of hydrogen-bond acceptors (Lipinski definition) is 7. The van der Waals surface area contributed by atoms with Crippen LogP contribution in [0.25, 0.3) is 10.9 Å². The van der Waals surface area contributed by atoms with Crippen molar-refractivity contribution in [3.8, 4) is 17.2 Å². The number of aromatic nitrogens is 1. The molecule has 3 aromatic rings. The minimum absolute atomic E-state index is 0.463. The van der Waals surface area contributed by atoms with E-state index in [1.165, 1.54) is 23.9 Å². The monoisotopic (exact) mass is 478 g/mol. The van der Waals surface area contributed by atoms with E-state index >= 15 is 0 Å². The molecule has 0 aliphatic heterocycles. The maximum atomic E-state index is 5.47. The molecule has 1 fully saturated rings. The van der Waals surface area contributed by atoms with E-state index in [2.05, 4.69) is 60.0 Å². The van der Waals surface area contributed by atoms with Crippen molar-refractivity contribution < 1.29 is 14.2 Å². The van der Waals surface area contributed by atoms with Gasteiger partial charge in [0.1, 0.15) is 5.82 Å². The molecule has 188 valence electrons. The molecule has 7 heteroatoms. The van der Waals surface area contributed by atoms with Crippen molar-refractivity contribution >= 4 is 22.4 Å². The summed E-state index contributed by atoms with van der Waals surface area (Å²) < 4.78 is 16.4. The Morgan fingerprint density at radius 3 is 2.23 bits per heavy atom. The summed E-state index contributed by atoms with van der Waals surface area (Å²) in [5, 5.41) is 8.52. The summed E-state index contributed by atoms with van der Waals surface area (Å²) in [5.41, 5.74) is 3.35. The van der Waals surface area contributed by atoms with E-state index in [0.717, 1.165) is 42.8 Å². The van der Waals surface area contributed by atoms with Gasteiger partial charge in [-0.2, -0.15) is 0 Å². The van der Waals surface area contributed by atoms with Crippen molar-refractivity contribution in [2.24, 2.45) is 5.92 Å². The zero-order valence-electron chi connectivity index (χ0n) is 21.6. The Kier molecular flexibility index (Phi) is 8.18. The number of pyridine rings is 1. The van der Waals surface area contributed by atoms with Crippen LogP contribution in [0.1, 0.15) is 31.2 Å². The molecule has 0 saturated heterocycles. The zero-order chi connectivity index (χ0) is 24.8. The number of rotatable bonds is 10. The highest BCUT2D eigenvalue weighted by Crippen LogP contribution is 2.38. The minimum Gasteiger partial charge on any atom is -0.493 e. The number of nitrogens with one attached hydrogen (secondary N) is 2. The number of ether oxygens (including phenoxy) is 3. The Morgan fingerprint density at radius 2 is 1.60 bits per heavy atom. The molecule has 1 aliphatic carbocycles. The maximum absolute atomic E-state index is 5.47. The fraction of sp³-hybridized carbons (Fsp3) is 0.464. The van der Waals surface area contributed by atoms with E-state index in [1.807, 2.05) is 12.1 Å². The molecule has 1 aromatic heterocycles. The number of para-hydroxylation sites is 1. The Balaban J connectivity index is 1.29. The quantitative estimate of drug-likeness (QED) is 0.421. The van der Waals surface area contributed by atoms with Crippen LogP contribution in [0.5, 0.6) is 17.2 Å². The molecule has 0 amide bonds. The second-order valence-electron chi connectivity index (χ2n) is 9.46. The number of hydrogen-bond donors (Lipinski definition) is 2. The van der Waals surface area contributed by atoms with Gasteiger partial charge in [0.25, 0.3) is 0 Å². The molecule has 0 bridgehead atoms. The summed E-state index contributed by atoms with van der Waals surface area (Å²) in [6, 6.07) is 15.0. The number of methoxy groups -OCH3 is 3. The van der Waals surface area contributed by atoms with Crippen LogP contribution in [0.15, 0.2) is 42.5 Å². The summed E-state index contributed by atoms with van der Waals surface area (Å²) in [4.78, 5) is 7.03. The van der Waals surface area contributed by atoms with Gasteiger partial charge in [0.05, 0.1) is 26.8 Å². The van der Waals surface area contributed by atoms with E-state index in [-0.39, 0.29) is 0 Å². The first-order chi connectivity index (χ1) is 17.0. The second kappa shape index (κ2) is 11.5. The lowest BCUT2D eigenvalue weighted by molar-refractivity contribution is 0.320. The van der Waals surface area contributed by atoms with Gasteiger partial charge in [0.2, 0.25) is 5.75 Å². The standard InChI is InChI=1S/C28H38N4O3/c1-32(2)24-16-27(31-23-9-7-6-8-22(23)24)30-21-12-10-19(11-13-21)17-29-18-20-14-25(33-3)28(35-5)26(15-20)34-4/h6-9,14-16,19,21,29H,10-13,17-18H2,1-5H3,(H,30,31). The minimum atomic E-state index is 0.463. The molecular formula is C28H38N4O3. The first-order valence-electron chi connectivity index (χ1n) is 12.4. The van der Waals surface area contributed by atoms with E-state index in [0.29, 0.717) is 29.2 Å². The van der Waals surface area contributed by atoms with Crippen LogP contribution in [0, 0.1) is 5.92 Å². The van der Waals surface area contributed by atoms with Crippen LogP contribution in [-0.2, 0) is 6.54 Å². The Hall–Kier alpha value is -3.19. The normalized spacial score (nSPS) is 17.7. The van der Waals surface area contributed by atoms with Gasteiger partial charge in [-0.25, -0.2) is 4.98 Å². The lowest BCUT2D eigenvalue weighted by atomic mass is 9.86. The average Bonchev–Trinajstić information content (AvgIpc) is 2.88. The first kappa shape index (κ1) is 24.9. The summed E-state index contributed by atoms with van der Waals surface area (Å²) in [6.07, 6.45) is 4.72. The van der Waals surface area contributed by atoms with Gasteiger partial charge >= 0.3 is 0 Å².